The Hall–Kier alpha value is -1.05. The van der Waals surface area contributed by atoms with Crippen LogP contribution in [0.1, 0.15) is 6.92 Å². The average molecular weight is 137 g/mol. The van der Waals surface area contributed by atoms with Crippen molar-refractivity contribution < 1.29 is 4.79 Å². The molecule has 0 fully saturated rings. The second kappa shape index (κ2) is 2.69. The van der Waals surface area contributed by atoms with E-state index >= 15 is 0 Å². The van der Waals surface area contributed by atoms with Gasteiger partial charge in [0.05, 0.1) is 5.92 Å². The Morgan fingerprint density at radius 3 is 2.80 bits per heavy atom. The van der Waals surface area contributed by atoms with E-state index in [1.165, 1.54) is 0 Å². The molecule has 1 aliphatic carbocycles. The first-order valence-corrected chi connectivity index (χ1v) is 3.35. The number of carbonyl (C=O) groups excluding carboxylic acids is 1. The lowest BCUT2D eigenvalue weighted by Crippen LogP contribution is -2.21. The maximum atomic E-state index is 11.0. The summed E-state index contributed by atoms with van der Waals surface area (Å²) in [7, 11) is 1.83. The lowest BCUT2D eigenvalue weighted by Gasteiger charge is -2.14. The van der Waals surface area contributed by atoms with Gasteiger partial charge in [-0.1, -0.05) is 6.08 Å². The van der Waals surface area contributed by atoms with Crippen molar-refractivity contribution in [3.8, 4) is 0 Å². The summed E-state index contributed by atoms with van der Waals surface area (Å²) in [5.74, 6) is 0.182. The predicted molar refractivity (Wildman–Crippen MR) is 40.5 cm³/mol. The predicted octanol–water partition coefficient (Wildman–Crippen LogP) is 0.865. The van der Waals surface area contributed by atoms with E-state index in [2.05, 4.69) is 5.32 Å². The largest absolute Gasteiger partial charge is 0.391 e. The lowest BCUT2D eigenvalue weighted by molar-refractivity contribution is -0.116. The molecule has 2 heteroatoms. The Morgan fingerprint density at radius 1 is 1.60 bits per heavy atom. The molecule has 2 nitrogen and oxygen atoms in total. The van der Waals surface area contributed by atoms with E-state index in [1.54, 1.807) is 12.2 Å². The van der Waals surface area contributed by atoms with Gasteiger partial charge in [-0.3, -0.25) is 4.79 Å². The molecule has 0 aromatic rings. The van der Waals surface area contributed by atoms with Crippen LogP contribution in [0, 0.1) is 5.92 Å². The second-order valence-electron chi connectivity index (χ2n) is 2.36. The molecule has 1 rings (SSSR count). The first kappa shape index (κ1) is 7.06. The van der Waals surface area contributed by atoms with Crippen LogP contribution in [0.3, 0.4) is 0 Å². The van der Waals surface area contributed by atoms with Crippen molar-refractivity contribution in [3.63, 3.8) is 0 Å². The minimum Gasteiger partial charge on any atom is -0.391 e. The fraction of sp³-hybridized carbons (Fsp3) is 0.375. The van der Waals surface area contributed by atoms with Crippen LogP contribution in [0.5, 0.6) is 0 Å². The maximum Gasteiger partial charge on any atom is 0.164 e. The Balaban J connectivity index is 2.81. The van der Waals surface area contributed by atoms with E-state index in [9.17, 15) is 4.79 Å². The Labute approximate surface area is 60.6 Å². The van der Waals surface area contributed by atoms with Crippen LogP contribution in [0.4, 0.5) is 0 Å². The van der Waals surface area contributed by atoms with Crippen molar-refractivity contribution in [1.82, 2.24) is 5.32 Å². The molecule has 0 radical (unpaired) electrons. The second-order valence-corrected chi connectivity index (χ2v) is 2.36. The zero-order valence-corrected chi connectivity index (χ0v) is 6.22. The number of hydrogen-bond acceptors (Lipinski definition) is 2. The van der Waals surface area contributed by atoms with Crippen LogP contribution in [-0.2, 0) is 4.79 Å². The lowest BCUT2D eigenvalue weighted by atomic mass is 9.98. The highest BCUT2D eigenvalue weighted by atomic mass is 16.1. The van der Waals surface area contributed by atoms with Crippen molar-refractivity contribution in [1.29, 1.82) is 0 Å². The molecule has 0 aromatic carbocycles. The highest BCUT2D eigenvalue weighted by Gasteiger charge is 2.15. The molecule has 1 atom stereocenters. The van der Waals surface area contributed by atoms with Gasteiger partial charge in [-0.2, -0.15) is 0 Å². The van der Waals surface area contributed by atoms with E-state index in [1.807, 2.05) is 20.0 Å². The van der Waals surface area contributed by atoms with Crippen LogP contribution in [0.2, 0.25) is 0 Å². The Morgan fingerprint density at radius 2 is 2.30 bits per heavy atom. The van der Waals surface area contributed by atoms with Crippen LogP contribution in [0.15, 0.2) is 23.9 Å². The summed E-state index contributed by atoms with van der Waals surface area (Å²) in [6, 6.07) is 0. The summed E-state index contributed by atoms with van der Waals surface area (Å²) < 4.78 is 0. The van der Waals surface area contributed by atoms with Gasteiger partial charge in [0.25, 0.3) is 0 Å². The molecule has 0 aliphatic heterocycles. The minimum absolute atomic E-state index is 0.00926. The number of hydrogen-bond donors (Lipinski definition) is 1. The molecular formula is C8H11NO. The SMILES string of the molecule is CNC1=CC=CC(=O)C1C. The molecule has 54 valence electrons. The smallest absolute Gasteiger partial charge is 0.164 e. The van der Waals surface area contributed by atoms with Crippen LogP contribution >= 0.6 is 0 Å². The first-order chi connectivity index (χ1) is 4.75. The standard InChI is InChI=1S/C8H11NO/c1-6-7(9-2)4-3-5-8(6)10/h3-6,9H,1-2H3. The van der Waals surface area contributed by atoms with Crippen molar-refractivity contribution in [2.24, 2.45) is 5.92 Å². The Kier molecular flexibility index (Phi) is 1.90. The average Bonchev–Trinajstić information content (AvgIpc) is 1.95. The third-order valence-corrected chi connectivity index (χ3v) is 1.72. The molecule has 0 heterocycles. The number of allylic oxidation sites excluding steroid dienone is 4. The summed E-state index contributed by atoms with van der Waals surface area (Å²) in [6.45, 7) is 1.90. The van der Waals surface area contributed by atoms with Gasteiger partial charge >= 0.3 is 0 Å². The van der Waals surface area contributed by atoms with Crippen molar-refractivity contribution in [2.75, 3.05) is 7.05 Å². The topological polar surface area (TPSA) is 29.1 Å². The van der Waals surface area contributed by atoms with Crippen molar-refractivity contribution in [3.05, 3.63) is 23.9 Å². The summed E-state index contributed by atoms with van der Waals surface area (Å²) >= 11 is 0. The fourth-order valence-corrected chi connectivity index (χ4v) is 0.988. The quantitative estimate of drug-likeness (QED) is 0.581. The molecule has 1 aliphatic rings. The molecule has 0 saturated heterocycles. The van der Waals surface area contributed by atoms with Crippen molar-refractivity contribution >= 4 is 5.78 Å². The van der Waals surface area contributed by atoms with Gasteiger partial charge in [0.2, 0.25) is 0 Å². The van der Waals surface area contributed by atoms with Crippen LogP contribution < -0.4 is 5.32 Å². The molecule has 0 aromatic heterocycles. The summed E-state index contributed by atoms with van der Waals surface area (Å²) in [4.78, 5) is 11.0. The third-order valence-electron chi connectivity index (χ3n) is 1.72. The van der Waals surface area contributed by atoms with Crippen LogP contribution in [0.25, 0.3) is 0 Å². The number of nitrogens with one attached hydrogen (secondary N) is 1. The Bertz CT molecular complexity index is 203. The molecule has 0 bridgehead atoms. The zero-order chi connectivity index (χ0) is 7.56. The summed E-state index contributed by atoms with van der Waals surface area (Å²) in [5, 5.41) is 2.97. The highest BCUT2D eigenvalue weighted by Crippen LogP contribution is 2.12. The summed E-state index contributed by atoms with van der Waals surface area (Å²) in [6.07, 6.45) is 5.30. The van der Waals surface area contributed by atoms with E-state index in [4.69, 9.17) is 0 Å². The van der Waals surface area contributed by atoms with E-state index in [0.717, 1.165) is 5.70 Å². The van der Waals surface area contributed by atoms with Gasteiger partial charge in [-0.15, -0.1) is 0 Å². The molecule has 0 amide bonds. The maximum absolute atomic E-state index is 11.0. The third kappa shape index (κ3) is 1.10. The van der Waals surface area contributed by atoms with E-state index in [-0.39, 0.29) is 11.7 Å². The van der Waals surface area contributed by atoms with Gasteiger partial charge in [0.1, 0.15) is 0 Å². The van der Waals surface area contributed by atoms with E-state index in [0.29, 0.717) is 0 Å². The van der Waals surface area contributed by atoms with Gasteiger partial charge in [-0.05, 0) is 19.1 Å². The zero-order valence-electron chi connectivity index (χ0n) is 6.22. The normalized spacial score (nSPS) is 24.4. The van der Waals surface area contributed by atoms with Gasteiger partial charge in [-0.25, -0.2) is 0 Å². The highest BCUT2D eigenvalue weighted by molar-refractivity contribution is 5.94. The molecule has 1 N–H and O–H groups in total. The molecule has 0 saturated carbocycles. The number of ketones is 1. The fourth-order valence-electron chi connectivity index (χ4n) is 0.988. The molecule has 10 heavy (non-hydrogen) atoms. The number of carbonyl (C=O) groups is 1. The first-order valence-electron chi connectivity index (χ1n) is 3.35. The van der Waals surface area contributed by atoms with E-state index < -0.39 is 0 Å². The molecule has 0 spiro atoms. The van der Waals surface area contributed by atoms with Gasteiger partial charge in [0, 0.05) is 12.7 Å². The minimum atomic E-state index is 0.00926. The monoisotopic (exact) mass is 137 g/mol. The summed E-state index contributed by atoms with van der Waals surface area (Å²) in [5.41, 5.74) is 0.993. The van der Waals surface area contributed by atoms with Gasteiger partial charge in [0.15, 0.2) is 5.78 Å². The van der Waals surface area contributed by atoms with Crippen LogP contribution in [-0.4, -0.2) is 12.8 Å². The number of rotatable bonds is 1. The van der Waals surface area contributed by atoms with Gasteiger partial charge < -0.3 is 5.32 Å². The molecule has 1 unspecified atom stereocenters. The van der Waals surface area contributed by atoms with Crippen molar-refractivity contribution in [2.45, 2.75) is 6.92 Å². The molecular weight excluding hydrogens is 126 g/mol.